The molecular formula is C10H18O. The molecule has 0 atom stereocenters. The lowest BCUT2D eigenvalue weighted by Gasteiger charge is -2.18. The Morgan fingerprint density at radius 3 is 2.45 bits per heavy atom. The van der Waals surface area contributed by atoms with Gasteiger partial charge >= 0.3 is 0 Å². The molecule has 1 aliphatic heterocycles. The summed E-state index contributed by atoms with van der Waals surface area (Å²) in [6.45, 7) is 6.34. The van der Waals surface area contributed by atoms with Gasteiger partial charge in [-0.15, -0.1) is 0 Å². The molecule has 64 valence electrons. The molecule has 1 saturated heterocycles. The first-order valence-corrected chi connectivity index (χ1v) is 4.55. The van der Waals surface area contributed by atoms with E-state index in [1.807, 2.05) is 0 Å². The number of ether oxygens (including phenoxy) is 1. The Kier molecular flexibility index (Phi) is 3.64. The summed E-state index contributed by atoms with van der Waals surface area (Å²) >= 11 is 0. The monoisotopic (exact) mass is 154 g/mol. The van der Waals surface area contributed by atoms with E-state index in [9.17, 15) is 0 Å². The fourth-order valence-electron chi connectivity index (χ4n) is 1.29. The van der Waals surface area contributed by atoms with Gasteiger partial charge in [-0.25, -0.2) is 0 Å². The third-order valence-corrected chi connectivity index (χ3v) is 2.03. The summed E-state index contributed by atoms with van der Waals surface area (Å²) < 4.78 is 5.27. The molecule has 0 amide bonds. The summed E-state index contributed by atoms with van der Waals surface area (Å²) in [5.41, 5.74) is 0. The highest BCUT2D eigenvalue weighted by Crippen LogP contribution is 2.16. The average molecular weight is 154 g/mol. The van der Waals surface area contributed by atoms with Gasteiger partial charge in [0.1, 0.15) is 0 Å². The summed E-state index contributed by atoms with van der Waals surface area (Å²) in [5.74, 6) is 1.48. The van der Waals surface area contributed by atoms with Crippen molar-refractivity contribution in [2.24, 2.45) is 11.8 Å². The van der Waals surface area contributed by atoms with E-state index in [0.717, 1.165) is 19.1 Å². The predicted molar refractivity (Wildman–Crippen MR) is 47.5 cm³/mol. The Morgan fingerprint density at radius 2 is 1.91 bits per heavy atom. The summed E-state index contributed by atoms with van der Waals surface area (Å²) in [5, 5.41) is 0. The van der Waals surface area contributed by atoms with Gasteiger partial charge in [0.05, 0.1) is 0 Å². The van der Waals surface area contributed by atoms with Crippen LogP contribution in [0.2, 0.25) is 0 Å². The van der Waals surface area contributed by atoms with E-state index in [4.69, 9.17) is 4.74 Å². The van der Waals surface area contributed by atoms with Crippen LogP contribution >= 0.6 is 0 Å². The largest absolute Gasteiger partial charge is 0.381 e. The number of hydrogen-bond donors (Lipinski definition) is 0. The molecule has 0 saturated carbocycles. The molecule has 0 aromatic heterocycles. The van der Waals surface area contributed by atoms with Gasteiger partial charge in [-0.1, -0.05) is 26.0 Å². The average Bonchev–Trinajstić information content (AvgIpc) is 2.03. The van der Waals surface area contributed by atoms with Gasteiger partial charge in [0, 0.05) is 13.2 Å². The van der Waals surface area contributed by atoms with Crippen molar-refractivity contribution in [2.45, 2.75) is 26.7 Å². The number of hydrogen-bond acceptors (Lipinski definition) is 1. The highest BCUT2D eigenvalue weighted by Gasteiger charge is 2.09. The second kappa shape index (κ2) is 4.55. The van der Waals surface area contributed by atoms with E-state index < -0.39 is 0 Å². The predicted octanol–water partition coefficient (Wildman–Crippen LogP) is 2.63. The van der Waals surface area contributed by atoms with Crippen LogP contribution in [0.15, 0.2) is 12.2 Å². The first-order chi connectivity index (χ1) is 5.29. The zero-order valence-corrected chi connectivity index (χ0v) is 7.55. The second-order valence-corrected chi connectivity index (χ2v) is 3.58. The topological polar surface area (TPSA) is 9.23 Å². The van der Waals surface area contributed by atoms with Crippen LogP contribution in [-0.4, -0.2) is 13.2 Å². The van der Waals surface area contributed by atoms with Crippen LogP contribution in [-0.2, 0) is 4.74 Å². The molecule has 1 aliphatic rings. The molecule has 1 fully saturated rings. The fourth-order valence-corrected chi connectivity index (χ4v) is 1.29. The third-order valence-electron chi connectivity index (χ3n) is 2.03. The molecule has 11 heavy (non-hydrogen) atoms. The van der Waals surface area contributed by atoms with Crippen LogP contribution in [0, 0.1) is 11.8 Å². The summed E-state index contributed by atoms with van der Waals surface area (Å²) in [6.07, 6.45) is 7.08. The van der Waals surface area contributed by atoms with Gasteiger partial charge in [0.2, 0.25) is 0 Å². The maximum Gasteiger partial charge on any atom is 0.0471 e. The van der Waals surface area contributed by atoms with E-state index in [-0.39, 0.29) is 0 Å². The Labute approximate surface area is 69.4 Å². The second-order valence-electron chi connectivity index (χ2n) is 3.58. The standard InChI is InChI=1S/C10H18O/c1-9(2)3-4-10-5-7-11-8-6-10/h3-4,9-10H,5-8H2,1-2H3/b4-3+. The fraction of sp³-hybridized carbons (Fsp3) is 0.800. The number of allylic oxidation sites excluding steroid dienone is 2. The molecule has 0 unspecified atom stereocenters. The van der Waals surface area contributed by atoms with Crippen molar-refractivity contribution in [1.82, 2.24) is 0 Å². The van der Waals surface area contributed by atoms with Crippen LogP contribution < -0.4 is 0 Å². The molecule has 1 rings (SSSR count). The number of rotatable bonds is 2. The van der Waals surface area contributed by atoms with E-state index in [0.29, 0.717) is 5.92 Å². The summed E-state index contributed by atoms with van der Waals surface area (Å²) in [7, 11) is 0. The Bertz CT molecular complexity index is 121. The lowest BCUT2D eigenvalue weighted by Crippen LogP contribution is -2.13. The van der Waals surface area contributed by atoms with Crippen LogP contribution in [0.5, 0.6) is 0 Å². The van der Waals surface area contributed by atoms with Crippen molar-refractivity contribution in [3.05, 3.63) is 12.2 Å². The van der Waals surface area contributed by atoms with Gasteiger partial charge in [-0.05, 0) is 24.7 Å². The van der Waals surface area contributed by atoms with E-state index in [1.54, 1.807) is 0 Å². The van der Waals surface area contributed by atoms with Crippen LogP contribution in [0.4, 0.5) is 0 Å². The smallest absolute Gasteiger partial charge is 0.0471 e. The molecule has 1 heteroatoms. The molecule has 0 aliphatic carbocycles. The van der Waals surface area contributed by atoms with Crippen molar-refractivity contribution in [3.63, 3.8) is 0 Å². The zero-order valence-electron chi connectivity index (χ0n) is 7.55. The summed E-state index contributed by atoms with van der Waals surface area (Å²) in [6, 6.07) is 0. The maximum absolute atomic E-state index is 5.27. The molecule has 0 N–H and O–H groups in total. The first kappa shape index (κ1) is 8.79. The Hall–Kier alpha value is -0.300. The van der Waals surface area contributed by atoms with Crippen LogP contribution in [0.25, 0.3) is 0 Å². The minimum absolute atomic E-state index is 0.692. The lowest BCUT2D eigenvalue weighted by atomic mass is 9.98. The van der Waals surface area contributed by atoms with Crippen molar-refractivity contribution in [1.29, 1.82) is 0 Å². The van der Waals surface area contributed by atoms with Crippen LogP contribution in [0.3, 0.4) is 0 Å². The van der Waals surface area contributed by atoms with Gasteiger partial charge < -0.3 is 4.74 Å². The van der Waals surface area contributed by atoms with E-state index in [2.05, 4.69) is 26.0 Å². The minimum Gasteiger partial charge on any atom is -0.381 e. The normalized spacial score (nSPS) is 21.7. The minimum atomic E-state index is 0.692. The molecule has 0 aromatic carbocycles. The van der Waals surface area contributed by atoms with Crippen molar-refractivity contribution in [3.8, 4) is 0 Å². The molecule has 0 aromatic rings. The van der Waals surface area contributed by atoms with Crippen molar-refractivity contribution >= 4 is 0 Å². The van der Waals surface area contributed by atoms with E-state index >= 15 is 0 Å². The lowest BCUT2D eigenvalue weighted by molar-refractivity contribution is 0.0784. The molecule has 0 spiro atoms. The molecule has 0 radical (unpaired) electrons. The van der Waals surface area contributed by atoms with Gasteiger partial charge in [-0.2, -0.15) is 0 Å². The molecule has 0 bridgehead atoms. The Balaban J connectivity index is 2.23. The zero-order chi connectivity index (χ0) is 8.10. The highest BCUT2D eigenvalue weighted by atomic mass is 16.5. The molecular weight excluding hydrogens is 136 g/mol. The van der Waals surface area contributed by atoms with Gasteiger partial charge in [0.25, 0.3) is 0 Å². The quantitative estimate of drug-likeness (QED) is 0.555. The van der Waals surface area contributed by atoms with Crippen LogP contribution in [0.1, 0.15) is 26.7 Å². The Morgan fingerprint density at radius 1 is 1.27 bits per heavy atom. The van der Waals surface area contributed by atoms with Crippen molar-refractivity contribution < 1.29 is 4.74 Å². The molecule has 1 nitrogen and oxygen atoms in total. The van der Waals surface area contributed by atoms with Crippen molar-refractivity contribution in [2.75, 3.05) is 13.2 Å². The molecule has 1 heterocycles. The SMILES string of the molecule is CC(C)/C=C/C1CCOCC1. The maximum atomic E-state index is 5.27. The van der Waals surface area contributed by atoms with Gasteiger partial charge in [0.15, 0.2) is 0 Å². The van der Waals surface area contributed by atoms with E-state index in [1.165, 1.54) is 12.8 Å². The first-order valence-electron chi connectivity index (χ1n) is 4.55. The third kappa shape index (κ3) is 3.57. The highest BCUT2D eigenvalue weighted by molar-refractivity contribution is 4.91. The summed E-state index contributed by atoms with van der Waals surface area (Å²) in [4.78, 5) is 0. The van der Waals surface area contributed by atoms with Gasteiger partial charge in [-0.3, -0.25) is 0 Å².